The van der Waals surface area contributed by atoms with Crippen molar-refractivity contribution in [3.8, 4) is 34.7 Å². The first kappa shape index (κ1) is 32.6. The van der Waals surface area contributed by atoms with E-state index in [1.165, 1.54) is 16.7 Å². The molecule has 0 atom stereocenters. The van der Waals surface area contributed by atoms with Crippen LogP contribution in [0, 0.1) is 36.5 Å². The summed E-state index contributed by atoms with van der Waals surface area (Å²) in [5.74, 6) is 0. The molecule has 2 aromatic heterocycles. The van der Waals surface area contributed by atoms with Gasteiger partial charge in [0.1, 0.15) is 12.1 Å². The van der Waals surface area contributed by atoms with Gasteiger partial charge in [0.25, 0.3) is 0 Å². The molecule has 0 fully saturated rings. The Morgan fingerprint density at radius 2 is 1.09 bits per heavy atom. The Labute approximate surface area is 275 Å². The lowest BCUT2D eigenvalue weighted by atomic mass is 10.1. The summed E-state index contributed by atoms with van der Waals surface area (Å²) in [5, 5.41) is 21.3. The van der Waals surface area contributed by atoms with E-state index in [1.54, 1.807) is 36.0 Å². The van der Waals surface area contributed by atoms with Crippen molar-refractivity contribution in [1.29, 1.82) is 10.5 Å². The fraction of sp³-hybridized carbons (Fsp3) is 0.211. The summed E-state index contributed by atoms with van der Waals surface area (Å²) in [6, 6.07) is 32.3. The second-order valence-electron chi connectivity index (χ2n) is 11.2. The maximum atomic E-state index is 11.6. The molecule has 6 rings (SSSR count). The highest BCUT2D eigenvalue weighted by atomic mass is 32.2. The minimum Gasteiger partial charge on any atom is -0.340 e. The van der Waals surface area contributed by atoms with E-state index in [4.69, 9.17) is 0 Å². The number of thioether (sulfide) groups is 1. The largest absolute Gasteiger partial charge is 0.340 e. The minimum atomic E-state index is -3.24. The van der Waals surface area contributed by atoms with Gasteiger partial charge in [-0.15, -0.1) is 11.8 Å². The number of benzene rings is 4. The van der Waals surface area contributed by atoms with E-state index in [1.807, 2.05) is 26.0 Å². The van der Waals surface area contributed by atoms with E-state index < -0.39 is 9.84 Å². The Kier molecular flexibility index (Phi) is 9.44. The molecule has 2 heterocycles. The van der Waals surface area contributed by atoms with Crippen LogP contribution < -0.4 is 0 Å². The highest BCUT2D eigenvalue weighted by molar-refractivity contribution is 7.98. The molecule has 0 radical (unpaired) electrons. The molecule has 6 nitrogen and oxygen atoms in total. The van der Waals surface area contributed by atoms with Crippen LogP contribution in [0.5, 0.6) is 0 Å². The van der Waals surface area contributed by atoms with E-state index in [9.17, 15) is 18.9 Å². The monoisotopic (exact) mass is 644 g/mol. The Hall–Kier alpha value is -4.76. The van der Waals surface area contributed by atoms with Crippen LogP contribution in [0.3, 0.4) is 0 Å². The molecule has 0 amide bonds. The molecule has 0 spiro atoms. The van der Waals surface area contributed by atoms with E-state index >= 15 is 0 Å². The summed E-state index contributed by atoms with van der Waals surface area (Å²) in [5.41, 5.74) is 9.72. The predicted molar refractivity (Wildman–Crippen MR) is 190 cm³/mol. The Bertz CT molecular complexity index is 2260. The van der Waals surface area contributed by atoms with Gasteiger partial charge in [-0.2, -0.15) is 10.5 Å². The van der Waals surface area contributed by atoms with Gasteiger partial charge in [-0.25, -0.2) is 8.42 Å². The van der Waals surface area contributed by atoms with Gasteiger partial charge in [0.2, 0.25) is 0 Å². The highest BCUT2D eigenvalue weighted by Crippen LogP contribution is 2.36. The van der Waals surface area contributed by atoms with Gasteiger partial charge in [-0.1, -0.05) is 48.5 Å². The second-order valence-corrected chi connectivity index (χ2v) is 14.1. The SMILES string of the molecule is CCn1c(-c2ccc(S(C)(=O)=O)cc2)c(C#N)c2ccc(C)cc21.CCn1c(-c2ccc(SC)cc2)c(C#N)c2ccc(C)cc21. The number of hydrogen-bond acceptors (Lipinski definition) is 5. The average Bonchev–Trinajstić information content (AvgIpc) is 3.55. The van der Waals surface area contributed by atoms with Crippen LogP contribution in [0.25, 0.3) is 44.3 Å². The lowest BCUT2D eigenvalue weighted by molar-refractivity contribution is 0.602. The normalized spacial score (nSPS) is 11.2. The number of sulfone groups is 1. The van der Waals surface area contributed by atoms with Gasteiger partial charge in [0, 0.05) is 35.0 Å². The van der Waals surface area contributed by atoms with Gasteiger partial charge in [0.15, 0.2) is 9.84 Å². The summed E-state index contributed by atoms with van der Waals surface area (Å²) >= 11 is 1.73. The third-order valence-corrected chi connectivity index (χ3v) is 10.1. The molecule has 0 saturated carbocycles. The van der Waals surface area contributed by atoms with Crippen LogP contribution in [-0.2, 0) is 22.9 Å². The lowest BCUT2D eigenvalue weighted by Gasteiger charge is -2.09. The molecule has 0 aliphatic heterocycles. The predicted octanol–water partition coefficient (Wildman–Crippen LogP) is 9.14. The summed E-state index contributed by atoms with van der Waals surface area (Å²) < 4.78 is 27.6. The number of aryl methyl sites for hydroxylation is 4. The number of aromatic nitrogens is 2. The first-order chi connectivity index (χ1) is 22.1. The third-order valence-electron chi connectivity index (χ3n) is 8.22. The fourth-order valence-corrected chi connectivity index (χ4v) is 7.05. The molecule has 0 bridgehead atoms. The van der Waals surface area contributed by atoms with E-state index in [0.717, 1.165) is 68.5 Å². The molecule has 0 saturated heterocycles. The molecular formula is C38H36N4O2S2. The number of nitriles is 2. The van der Waals surface area contributed by atoms with Crippen molar-refractivity contribution in [2.24, 2.45) is 0 Å². The zero-order chi connectivity index (χ0) is 33.2. The van der Waals surface area contributed by atoms with Crippen LogP contribution in [0.15, 0.2) is 94.7 Å². The van der Waals surface area contributed by atoms with Crippen molar-refractivity contribution in [2.75, 3.05) is 12.5 Å². The van der Waals surface area contributed by atoms with Gasteiger partial charge in [0.05, 0.1) is 38.4 Å². The molecule has 6 aromatic rings. The van der Waals surface area contributed by atoms with Crippen LogP contribution >= 0.6 is 11.8 Å². The van der Waals surface area contributed by atoms with Gasteiger partial charge < -0.3 is 9.13 Å². The smallest absolute Gasteiger partial charge is 0.175 e. The second kappa shape index (κ2) is 13.3. The maximum Gasteiger partial charge on any atom is 0.175 e. The number of fused-ring (bicyclic) bond motifs is 2. The molecule has 46 heavy (non-hydrogen) atoms. The van der Waals surface area contributed by atoms with Gasteiger partial charge in [-0.3, -0.25) is 0 Å². The number of nitrogens with zero attached hydrogens (tertiary/aromatic N) is 4. The van der Waals surface area contributed by atoms with Crippen molar-refractivity contribution >= 4 is 43.4 Å². The van der Waals surface area contributed by atoms with Crippen molar-refractivity contribution < 1.29 is 8.42 Å². The summed E-state index contributed by atoms with van der Waals surface area (Å²) in [7, 11) is -3.24. The maximum absolute atomic E-state index is 11.6. The molecule has 232 valence electrons. The van der Waals surface area contributed by atoms with Crippen molar-refractivity contribution in [3.05, 3.63) is 107 Å². The molecule has 4 aromatic carbocycles. The average molecular weight is 645 g/mol. The molecule has 0 unspecified atom stereocenters. The number of rotatable bonds is 6. The standard InChI is InChI=1S/C19H18N2O2S.C19H18N2S/c1-4-21-18-11-13(2)5-10-16(18)17(12-20)19(21)14-6-8-15(9-7-14)24(3,22)23;1-4-21-18-11-13(2)5-10-16(18)17(12-20)19(21)14-6-8-15(22-3)9-7-14/h5-11H,4H2,1-3H3;5-11H,4H2,1-3H3. The third kappa shape index (κ3) is 6.07. The Balaban J connectivity index is 0.000000182. The van der Waals surface area contributed by atoms with Gasteiger partial charge in [-0.05, 0) is 92.6 Å². The van der Waals surface area contributed by atoms with Crippen LogP contribution in [0.1, 0.15) is 36.1 Å². The highest BCUT2D eigenvalue weighted by Gasteiger charge is 2.19. The summed E-state index contributed by atoms with van der Waals surface area (Å²) in [6.07, 6.45) is 3.26. The summed E-state index contributed by atoms with van der Waals surface area (Å²) in [4.78, 5) is 1.51. The molecular weight excluding hydrogens is 609 g/mol. The Morgan fingerprint density at radius 1 is 0.674 bits per heavy atom. The first-order valence-electron chi connectivity index (χ1n) is 15.1. The molecule has 8 heteroatoms. The van der Waals surface area contributed by atoms with Gasteiger partial charge >= 0.3 is 0 Å². The molecule has 0 N–H and O–H groups in total. The lowest BCUT2D eigenvalue weighted by Crippen LogP contribution is -1.99. The first-order valence-corrected chi connectivity index (χ1v) is 18.2. The number of hydrogen-bond donors (Lipinski definition) is 0. The Morgan fingerprint density at radius 3 is 1.43 bits per heavy atom. The summed E-state index contributed by atoms with van der Waals surface area (Å²) in [6.45, 7) is 9.86. The van der Waals surface area contributed by atoms with Crippen molar-refractivity contribution in [2.45, 2.75) is 50.6 Å². The molecule has 0 aliphatic rings. The molecule has 0 aliphatic carbocycles. The zero-order valence-corrected chi connectivity index (χ0v) is 28.6. The zero-order valence-electron chi connectivity index (χ0n) is 26.9. The van der Waals surface area contributed by atoms with Crippen molar-refractivity contribution in [1.82, 2.24) is 9.13 Å². The van der Waals surface area contributed by atoms with Crippen molar-refractivity contribution in [3.63, 3.8) is 0 Å². The van der Waals surface area contributed by atoms with Crippen LogP contribution in [0.2, 0.25) is 0 Å². The van der Waals surface area contributed by atoms with E-state index in [2.05, 4.69) is 89.9 Å². The minimum absolute atomic E-state index is 0.278. The van der Waals surface area contributed by atoms with Crippen LogP contribution in [0.4, 0.5) is 0 Å². The van der Waals surface area contributed by atoms with E-state index in [0.29, 0.717) is 5.56 Å². The van der Waals surface area contributed by atoms with Crippen LogP contribution in [-0.4, -0.2) is 30.1 Å². The van der Waals surface area contributed by atoms with E-state index in [-0.39, 0.29) is 4.90 Å². The quantitative estimate of drug-likeness (QED) is 0.169. The topological polar surface area (TPSA) is 91.6 Å². The fourth-order valence-electron chi connectivity index (χ4n) is 6.01.